The molecule has 3 nitrogen and oxygen atoms in total. The van der Waals surface area contributed by atoms with E-state index >= 15 is 0 Å². The summed E-state index contributed by atoms with van der Waals surface area (Å²) in [5, 5.41) is 0.937. The van der Waals surface area contributed by atoms with E-state index < -0.39 is 0 Å². The van der Waals surface area contributed by atoms with Crippen LogP contribution in [0.1, 0.15) is 5.56 Å². The van der Waals surface area contributed by atoms with Crippen LogP contribution in [0, 0.1) is 0 Å². The fraction of sp³-hybridized carbons (Fsp3) is 0.364. The van der Waals surface area contributed by atoms with Crippen molar-refractivity contribution < 1.29 is 9.53 Å². The van der Waals surface area contributed by atoms with Gasteiger partial charge in [-0.05, 0) is 17.7 Å². The number of carbonyl (C=O) groups is 1. The van der Waals surface area contributed by atoms with Crippen molar-refractivity contribution in [1.82, 2.24) is 0 Å². The molecule has 0 heterocycles. The molecule has 5 heteroatoms. The molecular weight excluding hydrogens is 249 g/mol. The predicted octanol–water partition coefficient (Wildman–Crippen LogP) is 2.08. The highest BCUT2D eigenvalue weighted by Gasteiger charge is 2.05. The van der Waals surface area contributed by atoms with Gasteiger partial charge in [0.1, 0.15) is 6.61 Å². The Morgan fingerprint density at radius 3 is 2.69 bits per heavy atom. The Labute approximate surface area is 104 Å². The Morgan fingerprint density at radius 1 is 1.31 bits per heavy atom. The van der Waals surface area contributed by atoms with Crippen molar-refractivity contribution in [3.05, 3.63) is 33.8 Å². The molecule has 0 bridgehead atoms. The minimum atomic E-state index is -0.00756. The Morgan fingerprint density at radius 2 is 2.06 bits per heavy atom. The van der Waals surface area contributed by atoms with Crippen LogP contribution in [-0.2, 0) is 16.0 Å². The summed E-state index contributed by atoms with van der Waals surface area (Å²) in [5.41, 5.74) is 6.06. The summed E-state index contributed by atoms with van der Waals surface area (Å²) in [4.78, 5) is 11.4. The number of ether oxygens (including phenoxy) is 1. The van der Waals surface area contributed by atoms with Crippen LogP contribution in [-0.4, -0.2) is 25.5 Å². The summed E-state index contributed by atoms with van der Waals surface area (Å²) in [7, 11) is 0. The Hall–Kier alpha value is -0.610. The smallest absolute Gasteiger partial charge is 0.162 e. The topological polar surface area (TPSA) is 52.3 Å². The molecule has 1 aromatic carbocycles. The van der Waals surface area contributed by atoms with E-state index in [-0.39, 0.29) is 12.4 Å². The van der Waals surface area contributed by atoms with Gasteiger partial charge in [-0.25, -0.2) is 0 Å². The highest BCUT2D eigenvalue weighted by molar-refractivity contribution is 6.42. The van der Waals surface area contributed by atoms with Gasteiger partial charge in [-0.15, -0.1) is 0 Å². The normalized spacial score (nSPS) is 10.4. The van der Waals surface area contributed by atoms with Gasteiger partial charge in [-0.1, -0.05) is 29.3 Å². The average molecular weight is 262 g/mol. The maximum Gasteiger partial charge on any atom is 0.162 e. The number of hydrogen-bond donors (Lipinski definition) is 1. The van der Waals surface area contributed by atoms with Crippen LogP contribution in [0.4, 0.5) is 0 Å². The molecule has 88 valence electrons. The monoisotopic (exact) mass is 261 g/mol. The van der Waals surface area contributed by atoms with Gasteiger partial charge in [0.2, 0.25) is 0 Å². The summed E-state index contributed by atoms with van der Waals surface area (Å²) in [6.07, 6.45) is 0.293. The minimum Gasteiger partial charge on any atom is -0.372 e. The molecule has 1 aromatic rings. The number of ketones is 1. The van der Waals surface area contributed by atoms with Gasteiger partial charge in [-0.2, -0.15) is 0 Å². The molecule has 1 rings (SSSR count). The zero-order valence-electron chi connectivity index (χ0n) is 8.71. The van der Waals surface area contributed by atoms with Crippen LogP contribution in [0.2, 0.25) is 10.0 Å². The first kappa shape index (κ1) is 13.5. The van der Waals surface area contributed by atoms with Gasteiger partial charge in [0.05, 0.1) is 16.7 Å². The standard InChI is InChI=1S/C11H13Cl2NO2/c12-10-2-1-8(6-11(10)13)5-9(15)7-16-4-3-14/h1-2,6H,3-5,7,14H2. The fourth-order valence-electron chi connectivity index (χ4n) is 1.20. The predicted molar refractivity (Wildman–Crippen MR) is 65.0 cm³/mol. The lowest BCUT2D eigenvalue weighted by Crippen LogP contribution is -2.16. The molecular formula is C11H13Cl2NO2. The van der Waals surface area contributed by atoms with Crippen LogP contribution in [0.25, 0.3) is 0 Å². The number of rotatable bonds is 6. The zero-order chi connectivity index (χ0) is 12.0. The third-order valence-electron chi connectivity index (χ3n) is 1.91. The molecule has 0 aliphatic carbocycles. The molecule has 0 radical (unpaired) electrons. The first-order valence-electron chi connectivity index (χ1n) is 4.87. The van der Waals surface area contributed by atoms with Gasteiger partial charge in [0, 0.05) is 13.0 Å². The molecule has 2 N–H and O–H groups in total. The number of Topliss-reactive ketones (excluding diaryl/α,β-unsaturated/α-hetero) is 1. The summed E-state index contributed by atoms with van der Waals surface area (Å²) in [6.45, 7) is 0.893. The molecule has 0 saturated heterocycles. The van der Waals surface area contributed by atoms with Crippen LogP contribution in [0.5, 0.6) is 0 Å². The van der Waals surface area contributed by atoms with Crippen molar-refractivity contribution >= 4 is 29.0 Å². The fourth-order valence-corrected chi connectivity index (χ4v) is 1.52. The van der Waals surface area contributed by atoms with Gasteiger partial charge >= 0.3 is 0 Å². The van der Waals surface area contributed by atoms with E-state index in [4.69, 9.17) is 33.7 Å². The van der Waals surface area contributed by atoms with Crippen molar-refractivity contribution in [3.8, 4) is 0 Å². The zero-order valence-corrected chi connectivity index (χ0v) is 10.2. The molecule has 0 atom stereocenters. The van der Waals surface area contributed by atoms with Crippen LogP contribution in [0.15, 0.2) is 18.2 Å². The summed E-state index contributed by atoms with van der Waals surface area (Å²) in [6, 6.07) is 5.13. The minimum absolute atomic E-state index is 0.00756. The van der Waals surface area contributed by atoms with Gasteiger partial charge in [0.15, 0.2) is 5.78 Å². The van der Waals surface area contributed by atoms with Crippen LogP contribution >= 0.6 is 23.2 Å². The van der Waals surface area contributed by atoms with Gasteiger partial charge in [-0.3, -0.25) is 4.79 Å². The third-order valence-corrected chi connectivity index (χ3v) is 2.65. The van der Waals surface area contributed by atoms with Crippen LogP contribution < -0.4 is 5.73 Å². The lowest BCUT2D eigenvalue weighted by atomic mass is 10.1. The van der Waals surface area contributed by atoms with Crippen LogP contribution in [0.3, 0.4) is 0 Å². The third kappa shape index (κ3) is 4.49. The molecule has 0 aromatic heterocycles. The lowest BCUT2D eigenvalue weighted by molar-refractivity contribution is -0.122. The Bertz CT molecular complexity index is 369. The number of halogens is 2. The maximum absolute atomic E-state index is 11.4. The lowest BCUT2D eigenvalue weighted by Gasteiger charge is -2.03. The molecule has 0 amide bonds. The van der Waals surface area contributed by atoms with E-state index in [1.165, 1.54) is 0 Å². The molecule has 0 spiro atoms. The molecule has 0 unspecified atom stereocenters. The van der Waals surface area contributed by atoms with E-state index in [1.54, 1.807) is 18.2 Å². The number of nitrogens with two attached hydrogens (primary N) is 1. The highest BCUT2D eigenvalue weighted by Crippen LogP contribution is 2.22. The van der Waals surface area contributed by atoms with E-state index in [9.17, 15) is 4.79 Å². The number of benzene rings is 1. The quantitative estimate of drug-likeness (QED) is 0.798. The van der Waals surface area contributed by atoms with E-state index in [2.05, 4.69) is 0 Å². The Balaban J connectivity index is 2.46. The number of carbonyl (C=O) groups excluding carboxylic acids is 1. The van der Waals surface area contributed by atoms with E-state index in [1.807, 2.05) is 0 Å². The maximum atomic E-state index is 11.4. The number of hydrogen-bond acceptors (Lipinski definition) is 3. The SMILES string of the molecule is NCCOCC(=O)Cc1ccc(Cl)c(Cl)c1. The summed E-state index contributed by atoms with van der Waals surface area (Å²) in [5.74, 6) is -0.00756. The molecule has 16 heavy (non-hydrogen) atoms. The second kappa shape index (κ2) is 6.86. The molecule has 0 aliphatic rings. The molecule has 0 saturated carbocycles. The van der Waals surface area contributed by atoms with Crippen molar-refractivity contribution in [2.75, 3.05) is 19.8 Å². The molecule has 0 aliphatic heterocycles. The van der Waals surface area contributed by atoms with Crippen molar-refractivity contribution in [2.24, 2.45) is 5.73 Å². The highest BCUT2D eigenvalue weighted by atomic mass is 35.5. The largest absolute Gasteiger partial charge is 0.372 e. The van der Waals surface area contributed by atoms with Crippen molar-refractivity contribution in [1.29, 1.82) is 0 Å². The first-order chi connectivity index (χ1) is 7.63. The van der Waals surface area contributed by atoms with E-state index in [0.29, 0.717) is 29.6 Å². The second-order valence-corrected chi connectivity index (χ2v) is 4.12. The first-order valence-corrected chi connectivity index (χ1v) is 5.62. The average Bonchev–Trinajstić information content (AvgIpc) is 2.24. The van der Waals surface area contributed by atoms with Crippen molar-refractivity contribution in [3.63, 3.8) is 0 Å². The second-order valence-electron chi connectivity index (χ2n) is 3.31. The summed E-state index contributed by atoms with van der Waals surface area (Å²) < 4.78 is 5.04. The molecule has 0 fully saturated rings. The summed E-state index contributed by atoms with van der Waals surface area (Å²) >= 11 is 11.6. The van der Waals surface area contributed by atoms with Gasteiger partial charge < -0.3 is 10.5 Å². The van der Waals surface area contributed by atoms with Crippen molar-refractivity contribution in [2.45, 2.75) is 6.42 Å². The van der Waals surface area contributed by atoms with E-state index in [0.717, 1.165) is 5.56 Å². The van der Waals surface area contributed by atoms with Gasteiger partial charge in [0.25, 0.3) is 0 Å². The Kier molecular flexibility index (Phi) is 5.77.